The molecule has 1 amide bonds. The highest BCUT2D eigenvalue weighted by Crippen LogP contribution is 2.18. The molecule has 1 aliphatic rings. The van der Waals surface area contributed by atoms with Gasteiger partial charge in [0.05, 0.1) is 12.2 Å². The van der Waals surface area contributed by atoms with E-state index in [1.54, 1.807) is 13.3 Å². The van der Waals surface area contributed by atoms with E-state index in [1.165, 1.54) is 0 Å². The molecule has 21 heavy (non-hydrogen) atoms. The summed E-state index contributed by atoms with van der Waals surface area (Å²) in [4.78, 5) is 18.9. The van der Waals surface area contributed by atoms with E-state index in [1.807, 2.05) is 30.0 Å². The number of hydrogen-bond donors (Lipinski definition) is 1. The van der Waals surface area contributed by atoms with E-state index in [9.17, 15) is 4.79 Å². The molecule has 5 nitrogen and oxygen atoms in total. The molecule has 0 saturated carbocycles. The molecule has 0 spiro atoms. The van der Waals surface area contributed by atoms with Gasteiger partial charge in [-0.3, -0.25) is 9.78 Å². The fraction of sp³-hybridized carbons (Fsp3) is 0.625. The van der Waals surface area contributed by atoms with Crippen LogP contribution in [-0.2, 0) is 16.1 Å². The standard InChI is InChI=1S/C16H25N3O2/c1-13(21-2)16(20)19(12-14-6-3-4-10-18-14)15-7-5-9-17-11-8-15/h3-4,6,10,13,15,17H,5,7-9,11-12H2,1-2H3. The third-order valence-corrected chi connectivity index (χ3v) is 4.03. The lowest BCUT2D eigenvalue weighted by atomic mass is 10.1. The van der Waals surface area contributed by atoms with E-state index in [0.717, 1.165) is 38.0 Å². The van der Waals surface area contributed by atoms with Crippen molar-refractivity contribution >= 4 is 5.91 Å². The molecule has 1 aliphatic heterocycles. The third-order valence-electron chi connectivity index (χ3n) is 4.03. The van der Waals surface area contributed by atoms with E-state index in [2.05, 4.69) is 10.3 Å². The molecule has 0 bridgehead atoms. The largest absolute Gasteiger partial charge is 0.372 e. The first-order valence-electron chi connectivity index (χ1n) is 7.66. The van der Waals surface area contributed by atoms with Crippen molar-refractivity contribution in [3.8, 4) is 0 Å². The van der Waals surface area contributed by atoms with Crippen molar-refractivity contribution in [2.75, 3.05) is 20.2 Å². The smallest absolute Gasteiger partial charge is 0.251 e. The Hall–Kier alpha value is -1.46. The number of carbonyl (C=O) groups excluding carboxylic acids is 1. The van der Waals surface area contributed by atoms with Gasteiger partial charge >= 0.3 is 0 Å². The predicted molar refractivity (Wildman–Crippen MR) is 81.8 cm³/mol. The Kier molecular flexibility index (Phi) is 6.14. The number of nitrogens with one attached hydrogen (secondary N) is 1. The lowest BCUT2D eigenvalue weighted by molar-refractivity contribution is -0.144. The lowest BCUT2D eigenvalue weighted by Gasteiger charge is -2.32. The molecular weight excluding hydrogens is 266 g/mol. The Morgan fingerprint density at radius 3 is 3.05 bits per heavy atom. The monoisotopic (exact) mass is 291 g/mol. The van der Waals surface area contributed by atoms with Crippen molar-refractivity contribution in [1.82, 2.24) is 15.2 Å². The van der Waals surface area contributed by atoms with E-state index in [0.29, 0.717) is 6.54 Å². The summed E-state index contributed by atoms with van der Waals surface area (Å²) in [6.07, 6.45) is 4.46. The minimum atomic E-state index is -0.412. The van der Waals surface area contributed by atoms with Crippen molar-refractivity contribution < 1.29 is 9.53 Å². The summed E-state index contributed by atoms with van der Waals surface area (Å²) in [7, 11) is 1.58. The molecule has 2 rings (SSSR count). The molecule has 2 heterocycles. The summed E-state index contributed by atoms with van der Waals surface area (Å²) >= 11 is 0. The highest BCUT2D eigenvalue weighted by molar-refractivity contribution is 5.80. The van der Waals surface area contributed by atoms with Crippen molar-refractivity contribution in [1.29, 1.82) is 0 Å². The predicted octanol–water partition coefficient (Wildman–Crippen LogP) is 1.59. The number of carbonyl (C=O) groups is 1. The lowest BCUT2D eigenvalue weighted by Crippen LogP contribution is -2.45. The third kappa shape index (κ3) is 4.51. The van der Waals surface area contributed by atoms with Gasteiger partial charge in [0.25, 0.3) is 5.91 Å². The Labute approximate surface area is 126 Å². The highest BCUT2D eigenvalue weighted by atomic mass is 16.5. The topological polar surface area (TPSA) is 54.5 Å². The second kappa shape index (κ2) is 8.10. The molecule has 1 fully saturated rings. The molecule has 2 unspecified atom stereocenters. The summed E-state index contributed by atoms with van der Waals surface area (Å²) < 4.78 is 5.23. The molecule has 1 N–H and O–H groups in total. The first kappa shape index (κ1) is 15.9. The second-order valence-corrected chi connectivity index (χ2v) is 5.50. The zero-order valence-electron chi connectivity index (χ0n) is 12.9. The van der Waals surface area contributed by atoms with Gasteiger partial charge in [-0.05, 0) is 51.4 Å². The Morgan fingerprint density at radius 1 is 1.48 bits per heavy atom. The maximum atomic E-state index is 12.6. The fourth-order valence-electron chi connectivity index (χ4n) is 2.70. The molecule has 5 heteroatoms. The van der Waals surface area contributed by atoms with Crippen LogP contribution in [0.5, 0.6) is 0 Å². The number of amides is 1. The average Bonchev–Trinajstić information content (AvgIpc) is 2.81. The number of aromatic nitrogens is 1. The summed E-state index contributed by atoms with van der Waals surface area (Å²) in [5.74, 6) is 0.0510. The Balaban J connectivity index is 2.14. The number of rotatable bonds is 5. The molecule has 1 saturated heterocycles. The van der Waals surface area contributed by atoms with E-state index < -0.39 is 6.10 Å². The summed E-state index contributed by atoms with van der Waals surface area (Å²) in [6, 6.07) is 6.07. The van der Waals surface area contributed by atoms with Crippen LogP contribution in [-0.4, -0.2) is 48.1 Å². The number of pyridine rings is 1. The summed E-state index contributed by atoms with van der Waals surface area (Å²) in [6.45, 7) is 4.35. The van der Waals surface area contributed by atoms with Crippen LogP contribution in [0.1, 0.15) is 31.9 Å². The number of methoxy groups -OCH3 is 1. The molecule has 1 aromatic heterocycles. The summed E-state index contributed by atoms with van der Waals surface area (Å²) in [5, 5.41) is 3.39. The number of hydrogen-bond acceptors (Lipinski definition) is 4. The fourth-order valence-corrected chi connectivity index (χ4v) is 2.70. The van der Waals surface area contributed by atoms with Gasteiger partial charge in [0, 0.05) is 19.3 Å². The van der Waals surface area contributed by atoms with Gasteiger partial charge in [-0.25, -0.2) is 0 Å². The second-order valence-electron chi connectivity index (χ2n) is 5.50. The van der Waals surface area contributed by atoms with E-state index >= 15 is 0 Å². The Bertz CT molecular complexity index is 430. The van der Waals surface area contributed by atoms with Crippen LogP contribution in [0.3, 0.4) is 0 Å². The van der Waals surface area contributed by atoms with Crippen molar-refractivity contribution in [3.63, 3.8) is 0 Å². The minimum absolute atomic E-state index is 0.0510. The molecule has 1 aromatic rings. The summed E-state index contributed by atoms with van der Waals surface area (Å²) in [5.41, 5.74) is 0.923. The van der Waals surface area contributed by atoms with Crippen LogP contribution in [0.25, 0.3) is 0 Å². The molecular formula is C16H25N3O2. The normalized spacial score (nSPS) is 20.6. The van der Waals surface area contributed by atoms with Crippen LogP contribution in [0.15, 0.2) is 24.4 Å². The van der Waals surface area contributed by atoms with Crippen LogP contribution in [0.2, 0.25) is 0 Å². The molecule has 0 aliphatic carbocycles. The Morgan fingerprint density at radius 2 is 2.33 bits per heavy atom. The van der Waals surface area contributed by atoms with Gasteiger partial charge in [-0.15, -0.1) is 0 Å². The van der Waals surface area contributed by atoms with Crippen molar-refractivity contribution in [2.45, 2.75) is 44.9 Å². The number of nitrogens with zero attached hydrogens (tertiary/aromatic N) is 2. The highest BCUT2D eigenvalue weighted by Gasteiger charge is 2.28. The van der Waals surface area contributed by atoms with E-state index in [-0.39, 0.29) is 11.9 Å². The van der Waals surface area contributed by atoms with Gasteiger partial charge in [-0.1, -0.05) is 6.07 Å². The van der Waals surface area contributed by atoms with Crippen LogP contribution < -0.4 is 5.32 Å². The van der Waals surface area contributed by atoms with Crippen LogP contribution in [0.4, 0.5) is 0 Å². The zero-order chi connectivity index (χ0) is 15.1. The average molecular weight is 291 g/mol. The van der Waals surface area contributed by atoms with Gasteiger partial charge in [-0.2, -0.15) is 0 Å². The quantitative estimate of drug-likeness (QED) is 0.895. The molecule has 0 aromatic carbocycles. The molecule has 116 valence electrons. The zero-order valence-corrected chi connectivity index (χ0v) is 12.9. The van der Waals surface area contributed by atoms with Gasteiger partial charge in [0.1, 0.15) is 6.10 Å². The van der Waals surface area contributed by atoms with Crippen LogP contribution in [0, 0.1) is 0 Å². The maximum absolute atomic E-state index is 12.6. The first-order valence-corrected chi connectivity index (χ1v) is 7.66. The van der Waals surface area contributed by atoms with Gasteiger partial charge in [0.2, 0.25) is 0 Å². The van der Waals surface area contributed by atoms with Crippen LogP contribution >= 0.6 is 0 Å². The molecule has 0 radical (unpaired) electrons. The molecule has 2 atom stereocenters. The maximum Gasteiger partial charge on any atom is 0.251 e. The SMILES string of the molecule is COC(C)C(=O)N(Cc1ccccn1)C1CCCNCC1. The van der Waals surface area contributed by atoms with Gasteiger partial charge < -0.3 is 15.0 Å². The number of ether oxygens (including phenoxy) is 1. The van der Waals surface area contributed by atoms with E-state index in [4.69, 9.17) is 4.74 Å². The minimum Gasteiger partial charge on any atom is -0.372 e. The van der Waals surface area contributed by atoms with Gasteiger partial charge in [0.15, 0.2) is 0 Å². The van der Waals surface area contributed by atoms with Crippen molar-refractivity contribution in [3.05, 3.63) is 30.1 Å². The van der Waals surface area contributed by atoms with Crippen molar-refractivity contribution in [2.24, 2.45) is 0 Å². The first-order chi connectivity index (χ1) is 10.2.